The first kappa shape index (κ1) is 21.3. The Morgan fingerprint density at radius 3 is 1.35 bits per heavy atom. The first-order chi connectivity index (χ1) is 9.58. The molecule has 1 aliphatic rings. The number of halogens is 1. The van der Waals surface area contributed by atoms with Gasteiger partial charge < -0.3 is 0 Å². The van der Waals surface area contributed by atoms with Gasteiger partial charge in [-0.2, -0.15) is 0 Å². The maximum Gasteiger partial charge on any atom is 0.0184 e. The molecule has 0 spiro atoms. The second-order valence-electron chi connectivity index (χ2n) is 4.28. The van der Waals surface area contributed by atoms with Crippen LogP contribution in [-0.4, -0.2) is 0 Å². The lowest BCUT2D eigenvalue weighted by molar-refractivity contribution is 0.947. The minimum Gasteiger partial charge on any atom is -0.0891 e. The Kier molecular flexibility index (Phi) is 15.3. The van der Waals surface area contributed by atoms with Gasteiger partial charge in [-0.15, -0.1) is 0 Å². The Morgan fingerprint density at radius 1 is 0.700 bits per heavy atom. The molecule has 0 aromatic heterocycles. The van der Waals surface area contributed by atoms with Crippen molar-refractivity contribution in [3.63, 3.8) is 0 Å². The largest absolute Gasteiger partial charge is 0.0891 e. The van der Waals surface area contributed by atoms with E-state index in [1.165, 1.54) is 16.7 Å². The van der Waals surface area contributed by atoms with Crippen LogP contribution in [0.3, 0.4) is 0 Å². The normalized spacial score (nSPS) is 12.2. The highest BCUT2D eigenvalue weighted by Crippen LogP contribution is 2.19. The zero-order chi connectivity index (χ0) is 16.0. The van der Waals surface area contributed by atoms with Crippen molar-refractivity contribution >= 4 is 11.6 Å². The smallest absolute Gasteiger partial charge is 0.0184 e. The van der Waals surface area contributed by atoms with Crippen LogP contribution in [0, 0.1) is 13.8 Å². The van der Waals surface area contributed by atoms with Gasteiger partial charge in [0.05, 0.1) is 0 Å². The summed E-state index contributed by atoms with van der Waals surface area (Å²) < 4.78 is 0. The Hall–Kier alpha value is -1.01. The second-order valence-corrected chi connectivity index (χ2v) is 4.77. The van der Waals surface area contributed by atoms with E-state index in [1.54, 1.807) is 0 Å². The topological polar surface area (TPSA) is 0 Å². The predicted molar refractivity (Wildman–Crippen MR) is 95.5 cm³/mol. The first-order valence-electron chi connectivity index (χ1n) is 7.63. The monoisotopic (exact) mass is 294 g/mol. The summed E-state index contributed by atoms with van der Waals surface area (Å²) in [6.07, 6.45) is 6.21. The fraction of sp³-hybridized carbons (Fsp3) is 0.474. The molecule has 1 heteroatoms. The van der Waals surface area contributed by atoms with Crippen LogP contribution in [0.25, 0.3) is 0 Å². The van der Waals surface area contributed by atoms with Gasteiger partial charge in [0.25, 0.3) is 0 Å². The van der Waals surface area contributed by atoms with Gasteiger partial charge in [-0.3, -0.25) is 0 Å². The molecule has 114 valence electrons. The van der Waals surface area contributed by atoms with Crippen LogP contribution in [0.4, 0.5) is 0 Å². The Bertz CT molecular complexity index is 344. The average Bonchev–Trinajstić information content (AvgIpc) is 2.50. The average molecular weight is 295 g/mol. The van der Waals surface area contributed by atoms with E-state index in [9.17, 15) is 0 Å². The van der Waals surface area contributed by atoms with Crippen LogP contribution in [-0.2, 0) is 0 Å². The molecule has 1 aromatic carbocycles. The van der Waals surface area contributed by atoms with E-state index in [1.807, 2.05) is 33.8 Å². The highest BCUT2D eigenvalue weighted by molar-refractivity contribution is 6.29. The van der Waals surface area contributed by atoms with Gasteiger partial charge in [0.2, 0.25) is 0 Å². The third-order valence-electron chi connectivity index (χ3n) is 2.53. The number of benzene rings is 1. The predicted octanol–water partition coefficient (Wildman–Crippen LogP) is 7.21. The maximum absolute atomic E-state index is 5.70. The van der Waals surface area contributed by atoms with Gasteiger partial charge in [0, 0.05) is 5.03 Å². The highest BCUT2D eigenvalue weighted by atomic mass is 35.5. The van der Waals surface area contributed by atoms with Crippen molar-refractivity contribution in [3.8, 4) is 0 Å². The van der Waals surface area contributed by atoms with Crippen molar-refractivity contribution in [2.45, 2.75) is 61.3 Å². The number of hydrogen-bond donors (Lipinski definition) is 0. The number of rotatable bonds is 0. The summed E-state index contributed by atoms with van der Waals surface area (Å²) in [6.45, 7) is 14.3. The molecule has 0 radical (unpaired) electrons. The van der Waals surface area contributed by atoms with Crippen LogP contribution < -0.4 is 0 Å². The lowest BCUT2D eigenvalue weighted by Crippen LogP contribution is -1.83. The van der Waals surface area contributed by atoms with Crippen LogP contribution in [0.15, 0.2) is 47.0 Å². The third kappa shape index (κ3) is 12.0. The summed E-state index contributed by atoms with van der Waals surface area (Å²) in [5, 5.41) is 0.982. The quantitative estimate of drug-likeness (QED) is 0.474. The molecule has 0 fully saturated rings. The lowest BCUT2D eigenvalue weighted by Gasteiger charge is -2.03. The number of hydrogen-bond acceptors (Lipinski definition) is 0. The molecular weight excluding hydrogens is 264 g/mol. The molecule has 0 bridgehead atoms. The Balaban J connectivity index is 0. The molecule has 0 heterocycles. The number of aryl methyl sites for hydroxylation is 2. The molecule has 0 N–H and O–H groups in total. The van der Waals surface area contributed by atoms with Gasteiger partial charge in [0.15, 0.2) is 0 Å². The molecule has 0 atom stereocenters. The van der Waals surface area contributed by atoms with E-state index in [-0.39, 0.29) is 0 Å². The first-order valence-corrected chi connectivity index (χ1v) is 8.01. The zero-order valence-electron chi connectivity index (χ0n) is 14.3. The fourth-order valence-electron chi connectivity index (χ4n) is 1.35. The Labute approximate surface area is 131 Å². The van der Waals surface area contributed by atoms with Crippen LogP contribution in [0.2, 0.25) is 0 Å². The lowest BCUT2D eigenvalue weighted by atomic mass is 10.1. The zero-order valence-corrected chi connectivity index (χ0v) is 15.0. The highest BCUT2D eigenvalue weighted by Gasteiger charge is 1.97. The van der Waals surface area contributed by atoms with Gasteiger partial charge >= 0.3 is 0 Å². The summed E-state index contributed by atoms with van der Waals surface area (Å²) in [5.74, 6) is 0. The molecule has 0 saturated carbocycles. The van der Waals surface area contributed by atoms with Gasteiger partial charge in [-0.1, -0.05) is 86.3 Å². The van der Waals surface area contributed by atoms with Gasteiger partial charge in [0.1, 0.15) is 0 Å². The minimum absolute atomic E-state index is 0.982. The standard InChI is InChI=1S/C8H10.C7H9Cl.2C2H6/c1-7-3-5-8(2)6-4-7;1-6-2-4-7(8)5-3-6;2*1-2/h3-6H,1-2H3;2,4H,3,5H2,1H3;2*1-2H3. The summed E-state index contributed by atoms with van der Waals surface area (Å²) in [6, 6.07) is 8.48. The summed E-state index contributed by atoms with van der Waals surface area (Å²) >= 11 is 5.70. The van der Waals surface area contributed by atoms with Gasteiger partial charge in [-0.05, 0) is 39.7 Å². The summed E-state index contributed by atoms with van der Waals surface area (Å²) in [7, 11) is 0. The molecule has 1 aliphatic carbocycles. The van der Waals surface area contributed by atoms with E-state index in [4.69, 9.17) is 11.6 Å². The van der Waals surface area contributed by atoms with Crippen molar-refractivity contribution in [3.05, 3.63) is 58.1 Å². The molecule has 20 heavy (non-hydrogen) atoms. The van der Waals surface area contributed by atoms with E-state index in [0.717, 1.165) is 17.9 Å². The minimum atomic E-state index is 0.982. The second kappa shape index (κ2) is 14.4. The van der Waals surface area contributed by atoms with Crippen LogP contribution >= 0.6 is 11.6 Å². The fourth-order valence-corrected chi connectivity index (χ4v) is 1.51. The molecule has 0 nitrogen and oxygen atoms in total. The molecule has 0 saturated heterocycles. The molecular formula is C19H31Cl. The summed E-state index contributed by atoms with van der Waals surface area (Å²) in [4.78, 5) is 0. The van der Waals surface area contributed by atoms with E-state index < -0.39 is 0 Å². The van der Waals surface area contributed by atoms with Crippen molar-refractivity contribution in [1.82, 2.24) is 0 Å². The SMILES string of the molecule is CC.CC.CC1=CC=C(Cl)CC1.Cc1ccc(C)cc1. The molecule has 1 aromatic rings. The third-order valence-corrected chi connectivity index (χ3v) is 2.84. The van der Waals surface area contributed by atoms with Crippen molar-refractivity contribution < 1.29 is 0 Å². The van der Waals surface area contributed by atoms with Crippen molar-refractivity contribution in [1.29, 1.82) is 0 Å². The Morgan fingerprint density at radius 2 is 1.10 bits per heavy atom. The van der Waals surface area contributed by atoms with E-state index in [0.29, 0.717) is 0 Å². The maximum atomic E-state index is 5.70. The molecule has 0 amide bonds. The van der Waals surface area contributed by atoms with Gasteiger partial charge in [-0.25, -0.2) is 0 Å². The van der Waals surface area contributed by atoms with E-state index in [2.05, 4.69) is 51.1 Å². The van der Waals surface area contributed by atoms with Crippen molar-refractivity contribution in [2.75, 3.05) is 0 Å². The molecule has 0 aliphatic heterocycles. The summed E-state index contributed by atoms with van der Waals surface area (Å²) in [5.41, 5.74) is 4.08. The molecule has 2 rings (SSSR count). The van der Waals surface area contributed by atoms with Crippen LogP contribution in [0.1, 0.15) is 58.6 Å². The van der Waals surface area contributed by atoms with Crippen molar-refractivity contribution in [2.24, 2.45) is 0 Å². The van der Waals surface area contributed by atoms with E-state index >= 15 is 0 Å². The molecule has 0 unspecified atom stereocenters. The number of allylic oxidation sites excluding steroid dienone is 4. The van der Waals surface area contributed by atoms with Crippen LogP contribution in [0.5, 0.6) is 0 Å².